The summed E-state index contributed by atoms with van der Waals surface area (Å²) in [6.07, 6.45) is -9.72. The molecular formula is C22H26BF2N8O10P2-. The second-order valence-corrected chi connectivity index (χ2v) is 12.5. The van der Waals surface area contributed by atoms with Crippen molar-refractivity contribution in [2.75, 3.05) is 18.9 Å². The number of carbonyl (C=O) groups excluding carboxylic acids is 1. The van der Waals surface area contributed by atoms with Crippen molar-refractivity contribution in [2.45, 2.75) is 55.6 Å². The van der Waals surface area contributed by atoms with Gasteiger partial charge in [-0.15, -0.1) is 0 Å². The predicted octanol–water partition coefficient (Wildman–Crippen LogP) is 0.347. The van der Waals surface area contributed by atoms with Crippen LogP contribution in [0.2, 0.25) is 0 Å². The number of phosphoric ester groups is 1. The number of nitrogens with two attached hydrogens (primary N) is 2. The van der Waals surface area contributed by atoms with E-state index in [1.165, 1.54) is 23.2 Å². The summed E-state index contributed by atoms with van der Waals surface area (Å²) in [5.74, 6) is -0.537. The Hall–Kier alpha value is -3.13. The maximum absolute atomic E-state index is 16.0. The number of phosphoric acid groups is 1. The molecule has 0 amide bonds. The molecule has 3 fully saturated rings. The lowest BCUT2D eigenvalue weighted by atomic mass is 10.1. The summed E-state index contributed by atoms with van der Waals surface area (Å²) < 4.78 is 94.2. The number of hydrogen-bond donors (Lipinski definition) is 3. The molecule has 0 aromatic carbocycles. The van der Waals surface area contributed by atoms with E-state index in [9.17, 15) is 18.8 Å². The molecule has 0 saturated carbocycles. The predicted molar refractivity (Wildman–Crippen MR) is 151 cm³/mol. The van der Waals surface area contributed by atoms with Crippen LogP contribution in [0.5, 0.6) is 0 Å². The molecule has 4 aliphatic heterocycles. The Morgan fingerprint density at radius 3 is 2.33 bits per heavy atom. The highest BCUT2D eigenvalue weighted by Gasteiger charge is 2.54. The first-order valence-electron chi connectivity index (χ1n) is 13.0. The number of nitrogens with zero attached hydrogens (tertiary/aromatic N) is 6. The number of rotatable bonds is 2. The number of aliphatic imine (C=N–C) groups is 1. The Balaban J connectivity index is 1.16. The number of nitrogen functional groups attached to an aromatic ring is 1. The molecule has 0 radical (unpaired) electrons. The number of ketones is 1. The zero-order valence-corrected chi connectivity index (χ0v) is 23.9. The van der Waals surface area contributed by atoms with Gasteiger partial charge >= 0.3 is 7.82 Å². The lowest BCUT2D eigenvalue weighted by molar-refractivity contribution is -0.0609. The molecule has 3 aromatic rings. The number of ether oxygens (including phenoxy) is 2. The molecule has 0 spiro atoms. The number of pyridine rings is 1. The minimum atomic E-state index is -5.08. The third-order valence-corrected chi connectivity index (χ3v) is 9.17. The summed E-state index contributed by atoms with van der Waals surface area (Å²) in [5.41, 5.74) is 12.4. The number of hydrogen-bond acceptors (Lipinski definition) is 15. The summed E-state index contributed by atoms with van der Waals surface area (Å²) in [6, 6.07) is 1.52. The van der Waals surface area contributed by atoms with E-state index in [0.29, 0.717) is 5.69 Å². The minimum Gasteiger partial charge on any atom is -0.397 e. The summed E-state index contributed by atoms with van der Waals surface area (Å²) in [6.45, 7) is -1.40. The average Bonchev–Trinajstić information content (AvgIpc) is 3.72. The molecule has 18 nitrogen and oxygen atoms in total. The van der Waals surface area contributed by atoms with Gasteiger partial charge in [0.15, 0.2) is 47.7 Å². The van der Waals surface area contributed by atoms with E-state index in [2.05, 4.69) is 19.9 Å². The topological polar surface area (TPSA) is 240 Å². The van der Waals surface area contributed by atoms with Gasteiger partial charge in [-0.2, -0.15) is 0 Å². The van der Waals surface area contributed by atoms with Gasteiger partial charge in [-0.3, -0.25) is 23.0 Å². The lowest BCUT2D eigenvalue weighted by Gasteiger charge is -2.30. The van der Waals surface area contributed by atoms with Gasteiger partial charge in [0.1, 0.15) is 43.2 Å². The summed E-state index contributed by atoms with van der Waals surface area (Å²) in [7, 11) is -10.3. The van der Waals surface area contributed by atoms with Gasteiger partial charge in [0.05, 0.1) is 45.5 Å². The average molecular weight is 673 g/mol. The molecule has 45 heavy (non-hydrogen) atoms. The number of carbonyl (C=O) groups is 1. The number of fused-ring (bicyclic) bond motifs is 4. The van der Waals surface area contributed by atoms with Crippen molar-refractivity contribution in [1.29, 1.82) is 0 Å². The normalized spacial score (nSPS) is 39.0. The number of imidazole rings is 2. The van der Waals surface area contributed by atoms with Gasteiger partial charge in [-0.1, -0.05) is 0 Å². The fourth-order valence-corrected chi connectivity index (χ4v) is 7.12. The minimum absolute atomic E-state index is 0.0252. The van der Waals surface area contributed by atoms with Crippen LogP contribution in [-0.4, -0.2) is 98.1 Å². The van der Waals surface area contributed by atoms with Crippen molar-refractivity contribution < 1.29 is 55.2 Å². The number of Topliss-reactive ketones (excluding diaryl/α,β-unsaturated/α-hetero) is 1. The first-order valence-corrected chi connectivity index (χ1v) is 15.6. The third kappa shape index (κ3) is 5.41. The van der Waals surface area contributed by atoms with Crippen LogP contribution in [0.1, 0.15) is 29.4 Å². The maximum Gasteiger partial charge on any atom is 0.472 e. The molecule has 7 heterocycles. The monoisotopic (exact) mass is 673 g/mol. The highest BCUT2D eigenvalue weighted by molar-refractivity contribution is 7.79. The third-order valence-electron chi connectivity index (χ3n) is 7.41. The first kappa shape index (κ1) is 30.5. The summed E-state index contributed by atoms with van der Waals surface area (Å²) in [4.78, 5) is 39.3. The van der Waals surface area contributed by atoms with Crippen molar-refractivity contribution in [1.82, 2.24) is 24.1 Å². The van der Waals surface area contributed by atoms with Gasteiger partial charge in [0.25, 0.3) is 0 Å². The Kier molecular flexibility index (Phi) is 7.46. The van der Waals surface area contributed by atoms with Crippen LogP contribution < -0.4 is 11.5 Å². The van der Waals surface area contributed by atoms with E-state index in [-0.39, 0.29) is 34.9 Å². The molecular weight excluding hydrogens is 647 g/mol. The molecule has 23 heteroatoms. The smallest absolute Gasteiger partial charge is 0.397 e. The summed E-state index contributed by atoms with van der Waals surface area (Å²) >= 11 is 0. The van der Waals surface area contributed by atoms with E-state index in [1.54, 1.807) is 0 Å². The fourth-order valence-electron chi connectivity index (χ4n) is 5.38. The zero-order chi connectivity index (χ0) is 31.8. The van der Waals surface area contributed by atoms with Crippen LogP contribution in [0, 0.1) is 0 Å². The highest BCUT2D eigenvalue weighted by atomic mass is 31.2. The maximum atomic E-state index is 16.0. The number of anilines is 1. The summed E-state index contributed by atoms with van der Waals surface area (Å²) in [5, 5.41) is 0. The highest BCUT2D eigenvalue weighted by Crippen LogP contribution is 2.54. The molecule has 3 aromatic heterocycles. The van der Waals surface area contributed by atoms with Crippen molar-refractivity contribution >= 4 is 57.2 Å². The van der Waals surface area contributed by atoms with Gasteiger partial charge in [-0.25, -0.2) is 33.3 Å². The van der Waals surface area contributed by atoms with Crippen LogP contribution >= 0.6 is 15.3 Å². The van der Waals surface area contributed by atoms with Gasteiger partial charge < -0.3 is 39.4 Å². The van der Waals surface area contributed by atoms with Crippen LogP contribution in [0.15, 0.2) is 29.9 Å². The van der Waals surface area contributed by atoms with Gasteiger partial charge in [-0.05, 0) is 6.07 Å². The van der Waals surface area contributed by atoms with Crippen LogP contribution in [-0.2, 0) is 36.7 Å². The number of amidine groups is 1. The molecule has 10 atom stereocenters. The van der Waals surface area contributed by atoms with Crippen LogP contribution in [0.4, 0.5) is 20.3 Å². The Labute approximate surface area is 252 Å². The van der Waals surface area contributed by atoms with Crippen molar-refractivity contribution in [2.24, 2.45) is 10.7 Å². The second-order valence-electron chi connectivity index (χ2n) is 10.2. The largest absolute Gasteiger partial charge is 0.472 e. The standard InChI is InChI=1S/C22H26BF2N8O10P2/c23-44(35)38-4-10-18(14(25)22(40-10)33-7-30-16-9(34)3-12(27)31-20(16)33)43-45(36,37)39-5-11-17(42-44)13(24)21(41-11)32-6-29-15-8(26)1-2-28-19(15)32/h1-2,6-7,10-11,13-14,17-18,21-22H,3-5H2,23H3,(H2,26,28)(H2,27,31)(H,36,37)/q-1/t10-,11?,13-,14-,17-,18-,21-,22-,44?/m1/s1. The van der Waals surface area contributed by atoms with Gasteiger partial charge in [0, 0.05) is 6.20 Å². The van der Waals surface area contributed by atoms with Crippen LogP contribution in [0.3, 0.4) is 0 Å². The van der Waals surface area contributed by atoms with E-state index in [1.807, 2.05) is 0 Å². The zero-order valence-electron chi connectivity index (χ0n) is 22.2. The van der Waals surface area contributed by atoms with E-state index >= 15 is 8.78 Å². The fraction of sp³-hybridized carbons (Fsp3) is 0.500. The molecule has 3 saturated heterocycles. The second kappa shape index (κ2) is 11.0. The molecule has 3 unspecified atom stereocenters. The molecule has 4 aliphatic rings. The number of aromatic nitrogens is 5. The SMILES string of the molecule is [BH3-]P1(=O)OC[C@H]2O[C@@H](n3cnc4c3N=C(N)CC4=O)[C@H](F)[C@@H]2OP(=O)(O)OCC2O[C@@H](n3cnc4c(N)ccnc43)[C@H](F)[C@@H]2O1. The molecule has 5 N–H and O–H groups in total. The van der Waals surface area contributed by atoms with E-state index in [0.717, 1.165) is 10.9 Å². The van der Waals surface area contributed by atoms with Crippen molar-refractivity contribution in [3.8, 4) is 0 Å². The Bertz CT molecular complexity index is 1810. The van der Waals surface area contributed by atoms with Gasteiger partial charge in [0.2, 0.25) is 0 Å². The van der Waals surface area contributed by atoms with Crippen molar-refractivity contribution in [3.05, 3.63) is 30.6 Å². The molecule has 0 aliphatic carbocycles. The molecule has 242 valence electrons. The van der Waals surface area contributed by atoms with E-state index in [4.69, 9.17) is 39.0 Å². The molecule has 0 bridgehead atoms. The quantitative estimate of drug-likeness (QED) is 0.246. The Morgan fingerprint density at radius 2 is 1.60 bits per heavy atom. The van der Waals surface area contributed by atoms with Crippen LogP contribution in [0.25, 0.3) is 11.2 Å². The first-order chi connectivity index (χ1) is 21.3. The number of halogens is 2. The number of alkyl halides is 2. The Morgan fingerprint density at radius 1 is 0.956 bits per heavy atom. The lowest BCUT2D eigenvalue weighted by Crippen LogP contribution is -2.37. The van der Waals surface area contributed by atoms with Crippen molar-refractivity contribution in [3.63, 3.8) is 0 Å². The van der Waals surface area contributed by atoms with E-state index < -0.39 is 91.1 Å². The molecule has 7 rings (SSSR count).